The Morgan fingerprint density at radius 2 is 1.66 bits per heavy atom. The van der Waals surface area contributed by atoms with Gasteiger partial charge >= 0.3 is 6.09 Å². The Kier molecular flexibility index (Phi) is 12.0. The molecule has 13 nitrogen and oxygen atoms in total. The van der Waals surface area contributed by atoms with E-state index in [9.17, 15) is 19.2 Å². The molecule has 1 aromatic heterocycles. The Labute approximate surface area is 274 Å². The number of nitrogens with zero attached hydrogens (tertiary/aromatic N) is 3. The zero-order chi connectivity index (χ0) is 34.0. The molecule has 1 saturated heterocycles. The fraction of sp³-hybridized carbons (Fsp3) is 0.441. The van der Waals surface area contributed by atoms with Gasteiger partial charge in [0.2, 0.25) is 11.8 Å². The first-order valence-electron chi connectivity index (χ1n) is 15.7. The maximum Gasteiger partial charge on any atom is 0.408 e. The molecule has 1 aliphatic rings. The molecular formula is C34H44N6O7. The molecule has 2 atom stereocenters. The van der Waals surface area contributed by atoms with Crippen LogP contribution in [0, 0.1) is 0 Å². The Hall–Kier alpha value is -4.91. The third kappa shape index (κ3) is 9.79. The van der Waals surface area contributed by atoms with Crippen LogP contribution in [0.1, 0.15) is 57.7 Å². The molecule has 0 aliphatic carbocycles. The molecule has 47 heavy (non-hydrogen) atoms. The number of anilines is 1. The molecule has 3 aromatic rings. The summed E-state index contributed by atoms with van der Waals surface area (Å²) in [6, 6.07) is 14.7. The monoisotopic (exact) mass is 648 g/mol. The highest BCUT2D eigenvalue weighted by Crippen LogP contribution is 2.26. The second kappa shape index (κ2) is 16.1. The van der Waals surface area contributed by atoms with Gasteiger partial charge in [-0.1, -0.05) is 42.5 Å². The summed E-state index contributed by atoms with van der Waals surface area (Å²) in [5, 5.41) is 12.5. The molecule has 1 fully saturated rings. The van der Waals surface area contributed by atoms with Gasteiger partial charge < -0.3 is 35.1 Å². The van der Waals surface area contributed by atoms with Crippen LogP contribution in [-0.4, -0.2) is 83.0 Å². The molecule has 2 heterocycles. The highest BCUT2D eigenvalue weighted by Gasteiger charge is 2.34. The summed E-state index contributed by atoms with van der Waals surface area (Å²) in [6.45, 7) is 7.79. The number of benzene rings is 2. The Bertz CT molecular complexity index is 1500. The van der Waals surface area contributed by atoms with Crippen molar-refractivity contribution in [2.45, 2.75) is 70.9 Å². The van der Waals surface area contributed by atoms with E-state index in [0.29, 0.717) is 30.1 Å². The minimum Gasteiger partial charge on any atom is -0.497 e. The van der Waals surface area contributed by atoms with Crippen LogP contribution >= 0.6 is 0 Å². The smallest absolute Gasteiger partial charge is 0.408 e. The summed E-state index contributed by atoms with van der Waals surface area (Å²) in [7, 11) is 1.57. The lowest BCUT2D eigenvalue weighted by Crippen LogP contribution is -2.59. The first-order valence-corrected chi connectivity index (χ1v) is 15.7. The number of hydrogen-bond acceptors (Lipinski definition) is 8. The minimum atomic E-state index is -1.41. The zero-order valence-corrected chi connectivity index (χ0v) is 27.5. The summed E-state index contributed by atoms with van der Waals surface area (Å²) in [4.78, 5) is 54.6. The molecule has 1 aliphatic heterocycles. The second-order valence-electron chi connectivity index (χ2n) is 12.1. The Morgan fingerprint density at radius 1 is 0.979 bits per heavy atom. The van der Waals surface area contributed by atoms with Gasteiger partial charge in [-0.2, -0.15) is 5.10 Å². The van der Waals surface area contributed by atoms with Gasteiger partial charge in [-0.25, -0.2) is 4.79 Å². The molecule has 4 amide bonds. The number of nitrogens with one attached hydrogen (secondary N) is 3. The third-order valence-electron chi connectivity index (χ3n) is 7.56. The van der Waals surface area contributed by atoms with E-state index >= 15 is 0 Å². The lowest BCUT2D eigenvalue weighted by molar-refractivity contribution is -0.132. The lowest BCUT2D eigenvalue weighted by Gasteiger charge is -2.28. The Balaban J connectivity index is 1.51. The number of alkyl carbamates (subject to hydrolysis) is 1. The van der Waals surface area contributed by atoms with Crippen LogP contribution < -0.4 is 20.7 Å². The number of likely N-dealkylation sites (tertiary alicyclic amines) is 1. The largest absolute Gasteiger partial charge is 0.497 e. The number of carbonyl (C=O) groups is 4. The summed E-state index contributed by atoms with van der Waals surface area (Å²) in [5.41, 5.74) is 0.526. The highest BCUT2D eigenvalue weighted by atomic mass is 16.6. The van der Waals surface area contributed by atoms with Crippen LogP contribution in [0.5, 0.6) is 5.75 Å². The maximum absolute atomic E-state index is 13.7. The molecule has 2 aromatic carbocycles. The van der Waals surface area contributed by atoms with Crippen LogP contribution in [0.25, 0.3) is 0 Å². The van der Waals surface area contributed by atoms with E-state index in [4.69, 9.17) is 14.2 Å². The van der Waals surface area contributed by atoms with Crippen molar-refractivity contribution < 1.29 is 33.4 Å². The van der Waals surface area contributed by atoms with Crippen molar-refractivity contribution in [1.82, 2.24) is 25.3 Å². The minimum absolute atomic E-state index is 0.0983. The molecule has 3 N–H and O–H groups in total. The van der Waals surface area contributed by atoms with E-state index in [-0.39, 0.29) is 25.2 Å². The number of ether oxygens (including phenoxy) is 3. The summed E-state index contributed by atoms with van der Waals surface area (Å²) >= 11 is 0. The Morgan fingerprint density at radius 3 is 2.30 bits per heavy atom. The number of methoxy groups -OCH3 is 1. The summed E-state index contributed by atoms with van der Waals surface area (Å²) < 4.78 is 17.8. The molecule has 0 bridgehead atoms. The van der Waals surface area contributed by atoms with Crippen LogP contribution in [-0.2, 0) is 30.5 Å². The average Bonchev–Trinajstić information content (AvgIpc) is 3.74. The van der Waals surface area contributed by atoms with E-state index in [2.05, 4.69) is 21.0 Å². The average molecular weight is 649 g/mol. The van der Waals surface area contributed by atoms with E-state index in [1.165, 1.54) is 24.7 Å². The van der Waals surface area contributed by atoms with Gasteiger partial charge in [0.05, 0.1) is 38.3 Å². The van der Waals surface area contributed by atoms with Gasteiger partial charge in [-0.3, -0.25) is 19.1 Å². The summed E-state index contributed by atoms with van der Waals surface area (Å²) in [6.07, 6.45) is 3.76. The van der Waals surface area contributed by atoms with Crippen molar-refractivity contribution in [1.29, 1.82) is 0 Å². The molecule has 252 valence electrons. The molecular weight excluding hydrogens is 604 g/mol. The molecule has 4 rings (SSSR count). The summed E-state index contributed by atoms with van der Waals surface area (Å²) in [5.74, 6) is -0.627. The number of aromatic nitrogens is 2. The quantitative estimate of drug-likeness (QED) is 0.240. The zero-order valence-electron chi connectivity index (χ0n) is 27.5. The molecule has 13 heteroatoms. The fourth-order valence-electron chi connectivity index (χ4n) is 5.02. The third-order valence-corrected chi connectivity index (χ3v) is 7.56. The van der Waals surface area contributed by atoms with Gasteiger partial charge in [0.15, 0.2) is 6.04 Å². The second-order valence-corrected chi connectivity index (χ2v) is 12.1. The van der Waals surface area contributed by atoms with Crippen LogP contribution in [0.15, 0.2) is 67.0 Å². The van der Waals surface area contributed by atoms with Crippen molar-refractivity contribution in [3.63, 3.8) is 0 Å². The standard InChI is InChI=1S/C34H44N6O7/c1-23(2)47-33(44)38-34(3,4)32(43)37-28(22-46-21-24-11-7-6-8-12-24)30(41)36-26-19-35-40(20-26)29(31(42)39-17-9-10-18-39)25-13-15-27(45-5)16-14-25/h6-8,11-16,19-20,23,28-29H,9-10,17-18,21-22H2,1-5H3,(H,36,41)(H,37,43)(H,38,44)/t28-,29?/m1/s1. The predicted octanol–water partition coefficient (Wildman–Crippen LogP) is 3.66. The molecule has 0 spiro atoms. The topological polar surface area (TPSA) is 153 Å². The van der Waals surface area contributed by atoms with Crippen molar-refractivity contribution in [2.24, 2.45) is 0 Å². The SMILES string of the molecule is COc1ccc(C(C(=O)N2CCCC2)n2cc(NC(=O)[C@@H](COCc3ccccc3)NC(=O)C(C)(C)NC(=O)OC(C)C)cn2)cc1. The first-order chi connectivity index (χ1) is 22.5. The predicted molar refractivity (Wildman–Crippen MR) is 175 cm³/mol. The number of hydrogen-bond donors (Lipinski definition) is 3. The highest BCUT2D eigenvalue weighted by molar-refractivity contribution is 5.99. The van der Waals surface area contributed by atoms with Crippen LogP contribution in [0.4, 0.5) is 10.5 Å². The van der Waals surface area contributed by atoms with E-state index in [1.807, 2.05) is 47.4 Å². The lowest BCUT2D eigenvalue weighted by atomic mass is 10.0. The van der Waals surface area contributed by atoms with Crippen molar-refractivity contribution in [3.05, 3.63) is 78.1 Å². The molecule has 1 unspecified atom stereocenters. The van der Waals surface area contributed by atoms with Gasteiger partial charge in [-0.15, -0.1) is 0 Å². The van der Waals surface area contributed by atoms with Crippen molar-refractivity contribution in [2.75, 3.05) is 32.1 Å². The van der Waals surface area contributed by atoms with Crippen molar-refractivity contribution >= 4 is 29.5 Å². The van der Waals surface area contributed by atoms with Gasteiger partial charge in [0.1, 0.15) is 17.3 Å². The van der Waals surface area contributed by atoms with Crippen LogP contribution in [0.2, 0.25) is 0 Å². The van der Waals surface area contributed by atoms with Crippen molar-refractivity contribution in [3.8, 4) is 5.75 Å². The fourth-order valence-corrected chi connectivity index (χ4v) is 5.02. The number of carbonyl (C=O) groups excluding carboxylic acids is 4. The van der Waals surface area contributed by atoms with E-state index < -0.39 is 35.5 Å². The normalized spacial score (nSPS) is 14.3. The van der Waals surface area contributed by atoms with E-state index in [0.717, 1.165) is 18.4 Å². The van der Waals surface area contributed by atoms with Gasteiger partial charge in [0.25, 0.3) is 5.91 Å². The van der Waals surface area contributed by atoms with E-state index in [1.54, 1.807) is 39.3 Å². The number of amides is 4. The molecule has 0 radical (unpaired) electrons. The van der Waals surface area contributed by atoms with Gasteiger partial charge in [0, 0.05) is 19.3 Å². The number of rotatable bonds is 14. The maximum atomic E-state index is 13.7. The molecule has 0 saturated carbocycles. The van der Waals surface area contributed by atoms with Crippen LogP contribution in [0.3, 0.4) is 0 Å². The van der Waals surface area contributed by atoms with Gasteiger partial charge in [-0.05, 0) is 63.8 Å². The first kappa shape index (κ1) is 35.0.